The first-order valence-electron chi connectivity index (χ1n) is 41.5. The number of para-hydroxylation sites is 2. The Morgan fingerprint density at radius 2 is 0.550 bits per heavy atom. The molecule has 0 aliphatic rings. The molecule has 0 saturated heterocycles. The monoisotopic (exact) mass is 1730 g/mol. The molecule has 0 amide bonds. The van der Waals surface area contributed by atoms with Gasteiger partial charge in [-0.25, -0.2) is 13.2 Å². The fourth-order valence-corrected chi connectivity index (χ4v) is 18.4. The third-order valence-corrected chi connectivity index (χ3v) is 26.5. The van der Waals surface area contributed by atoms with Gasteiger partial charge < -0.3 is 52.1 Å². The van der Waals surface area contributed by atoms with Crippen LogP contribution in [0.1, 0.15) is 238 Å². The minimum absolute atomic E-state index is 0.0262. The van der Waals surface area contributed by atoms with Crippen LogP contribution >= 0.6 is 42.9 Å². The van der Waals surface area contributed by atoms with Crippen LogP contribution in [-0.4, -0.2) is 53.2 Å². The molecule has 10 N–H and O–H groups in total. The zero-order valence-electron chi connectivity index (χ0n) is 77.1. The van der Waals surface area contributed by atoms with Gasteiger partial charge in [0.25, 0.3) is 0 Å². The number of halogens is 3. The Bertz CT molecular complexity index is 4980. The maximum absolute atomic E-state index is 13.6. The zero-order valence-corrected chi connectivity index (χ0v) is 82.1. The Morgan fingerprint density at radius 3 is 0.925 bits per heavy atom. The Morgan fingerprint density at radius 1 is 0.250 bits per heavy atom. The molecular formula is C102H141F3N5O5P5. The standard InChI is InChI=1S/C26H40NOP.C23H34NOP.2C18H23FNOP.C17H21FNOP/c1-17-11-12-21(18(13-17)16-27-26(8,9)10)29-22-15-19(24(2,3)4)14-20(23(22)28)25(5,6)7;1-15-9-10-19(17(11-15)14-24-23(6,7)8)26-20-13-18(22(3,4)5)12-16(2)21(20)25;1-12-5-7-15(21)17(9-12)22-16-8-6-14(19)10-13(16)11-20-18(2,3)4;1-12-6-5-7-16(17(12)21)22-15-9-8-14(19)10-13(15)11-20-18(2,3)4;1-17(2,3)19-11-12-10-13(18)8-9-15(12)21-16-7-5-4-6-14(16)20/h11-15,27-29H,16H2,1-10H3;9-13,24-26H,14H2,1-8H3;2*5-10,20-22H,11H2,1-4H3;4-10,19-21H,11H2,1-3H3. The predicted octanol–water partition coefficient (Wildman–Crippen LogP) is 20.4. The summed E-state index contributed by atoms with van der Waals surface area (Å²) in [6.45, 7) is 65.4. The molecule has 0 saturated carbocycles. The van der Waals surface area contributed by atoms with Crippen LogP contribution in [-0.2, 0) is 49.0 Å². The van der Waals surface area contributed by atoms with E-state index in [0.29, 0.717) is 85.5 Å². The van der Waals surface area contributed by atoms with Crippen LogP contribution in [0.4, 0.5) is 13.2 Å². The highest BCUT2D eigenvalue weighted by molar-refractivity contribution is 7.57. The summed E-state index contributed by atoms with van der Waals surface area (Å²) in [6.07, 6.45) is 0. The second-order valence-corrected chi connectivity index (χ2v) is 46.4. The van der Waals surface area contributed by atoms with E-state index in [2.05, 4.69) is 267 Å². The summed E-state index contributed by atoms with van der Waals surface area (Å²) in [5, 5.41) is 79.8. The van der Waals surface area contributed by atoms with E-state index in [1.165, 1.54) is 62.2 Å². The summed E-state index contributed by atoms with van der Waals surface area (Å²) in [5.74, 6) is 1.12. The highest BCUT2D eigenvalue weighted by atomic mass is 31.1. The van der Waals surface area contributed by atoms with Gasteiger partial charge in [-0.2, -0.15) is 0 Å². The molecule has 5 unspecified atom stereocenters. The number of rotatable bonds is 20. The van der Waals surface area contributed by atoms with Gasteiger partial charge in [0.2, 0.25) is 0 Å². The first-order valence-corrected chi connectivity index (χ1v) is 46.5. The fraction of sp³-hybridized carbons (Fsp3) is 0.412. The lowest BCUT2D eigenvalue weighted by molar-refractivity contribution is 0.424. The van der Waals surface area contributed by atoms with Crippen LogP contribution in [0.3, 0.4) is 0 Å². The van der Waals surface area contributed by atoms with Gasteiger partial charge in [0.05, 0.1) is 0 Å². The smallest absolute Gasteiger partial charge is 0.127 e. The summed E-state index contributed by atoms with van der Waals surface area (Å²) in [7, 11) is 1.79. The summed E-state index contributed by atoms with van der Waals surface area (Å²) in [5.41, 5.74) is 14.6. The van der Waals surface area contributed by atoms with Gasteiger partial charge in [-0.1, -0.05) is 231 Å². The maximum atomic E-state index is 13.6. The highest BCUT2D eigenvalue weighted by Gasteiger charge is 2.27. The Hall–Kier alpha value is -7.06. The molecule has 650 valence electrons. The van der Waals surface area contributed by atoms with Gasteiger partial charge in [-0.05, 0) is 298 Å². The second-order valence-electron chi connectivity index (χ2n) is 39.7. The summed E-state index contributed by atoms with van der Waals surface area (Å²) in [6, 6.07) is 55.2. The molecule has 0 aliphatic carbocycles. The molecule has 10 aromatic rings. The lowest BCUT2D eigenvalue weighted by Gasteiger charge is -2.28. The number of hydrogen-bond donors (Lipinski definition) is 10. The molecule has 0 aromatic heterocycles. The van der Waals surface area contributed by atoms with E-state index in [1.54, 1.807) is 42.5 Å². The molecule has 10 nitrogen and oxygen atoms in total. The van der Waals surface area contributed by atoms with Crippen LogP contribution in [0.25, 0.3) is 0 Å². The third-order valence-electron chi connectivity index (χ3n) is 19.4. The van der Waals surface area contributed by atoms with Crippen molar-refractivity contribution in [2.75, 3.05) is 0 Å². The Kier molecular flexibility index (Phi) is 36.9. The minimum atomic E-state index is -0.230. The summed E-state index contributed by atoms with van der Waals surface area (Å²) >= 11 is 0. The second kappa shape index (κ2) is 43.5. The molecule has 10 aromatic carbocycles. The van der Waals surface area contributed by atoms with Gasteiger partial charge in [-0.3, -0.25) is 0 Å². The first kappa shape index (κ1) is 102. The normalized spacial score (nSPS) is 12.7. The van der Waals surface area contributed by atoms with Gasteiger partial charge >= 0.3 is 0 Å². The van der Waals surface area contributed by atoms with Gasteiger partial charge in [0.15, 0.2) is 0 Å². The van der Waals surface area contributed by atoms with E-state index in [-0.39, 0.29) is 67.1 Å². The van der Waals surface area contributed by atoms with Crippen molar-refractivity contribution in [3.8, 4) is 28.7 Å². The lowest BCUT2D eigenvalue weighted by Crippen LogP contribution is -2.36. The number of nitrogens with one attached hydrogen (secondary N) is 5. The van der Waals surface area contributed by atoms with Gasteiger partial charge in [-0.15, -0.1) is 0 Å². The summed E-state index contributed by atoms with van der Waals surface area (Å²) < 4.78 is 40.7. The molecule has 120 heavy (non-hydrogen) atoms. The Balaban J connectivity index is 0.000000234. The van der Waals surface area contributed by atoms with E-state index >= 15 is 0 Å². The highest BCUT2D eigenvalue weighted by Crippen LogP contribution is 2.38. The fourth-order valence-electron chi connectivity index (χ4n) is 12.1. The van der Waals surface area contributed by atoms with Crippen LogP contribution in [0.15, 0.2) is 176 Å². The van der Waals surface area contributed by atoms with E-state index in [1.807, 2.05) is 75.4 Å². The number of hydrogen-bond acceptors (Lipinski definition) is 10. The number of benzene rings is 10. The molecule has 0 fully saturated rings. The molecule has 0 aliphatic heterocycles. The van der Waals surface area contributed by atoms with Crippen molar-refractivity contribution >= 4 is 95.9 Å². The summed E-state index contributed by atoms with van der Waals surface area (Å²) in [4.78, 5) is 0. The molecule has 5 atom stereocenters. The van der Waals surface area contributed by atoms with Gasteiger partial charge in [0.1, 0.15) is 46.2 Å². The topological polar surface area (TPSA) is 161 Å². The molecule has 18 heteroatoms. The maximum Gasteiger partial charge on any atom is 0.127 e. The van der Waals surface area contributed by atoms with Crippen molar-refractivity contribution in [1.82, 2.24) is 26.6 Å². The number of phenolic OH excluding ortho intramolecular Hbond substituents is 5. The van der Waals surface area contributed by atoms with Crippen LogP contribution in [0.5, 0.6) is 28.7 Å². The van der Waals surface area contributed by atoms with Gasteiger partial charge in [0, 0.05) is 92.5 Å². The average molecular weight is 1730 g/mol. The van der Waals surface area contributed by atoms with E-state index in [0.717, 1.165) is 94.5 Å². The van der Waals surface area contributed by atoms with E-state index in [9.17, 15) is 38.7 Å². The van der Waals surface area contributed by atoms with Crippen LogP contribution in [0, 0.1) is 52.1 Å². The SMILES string of the molecule is CC(C)(C)NCc1cc(F)ccc1Pc1ccccc1O.Cc1ccc(O)c(Pc2ccc(F)cc2CNC(C)(C)C)c1.Cc1ccc(Pc2cc(C(C)(C)C)cc(C(C)(C)C)c2O)c(CNC(C)(C)C)c1.Cc1ccc(Pc2cc(C(C)(C)C)cc(C)c2O)c(CNC(C)(C)C)c1.Cc1cccc(Pc2ccc(F)cc2CNC(C)(C)C)c1O. The van der Waals surface area contributed by atoms with E-state index in [4.69, 9.17) is 0 Å². The van der Waals surface area contributed by atoms with Crippen molar-refractivity contribution in [1.29, 1.82) is 0 Å². The third kappa shape index (κ3) is 34.9. The number of aryl methyl sites for hydroxylation is 5. The molecule has 0 heterocycles. The quantitative estimate of drug-likeness (QED) is 0.0333. The number of aromatic hydroxyl groups is 5. The molecule has 0 spiro atoms. The van der Waals surface area contributed by atoms with Crippen LogP contribution < -0.4 is 79.6 Å². The molecular weight excluding hydrogens is 1590 g/mol. The predicted molar refractivity (Wildman–Crippen MR) is 523 cm³/mol. The van der Waals surface area contributed by atoms with Crippen LogP contribution in [0.2, 0.25) is 0 Å². The first-order chi connectivity index (χ1) is 55.3. The largest absolute Gasteiger partial charge is 0.507 e. The van der Waals surface area contributed by atoms with E-state index < -0.39 is 0 Å². The lowest BCUT2D eigenvalue weighted by atomic mass is 9.80. The minimum Gasteiger partial charge on any atom is -0.507 e. The van der Waals surface area contributed by atoms with Crippen molar-refractivity contribution < 1.29 is 38.7 Å². The van der Waals surface area contributed by atoms with Crippen molar-refractivity contribution in [3.05, 3.63) is 266 Å². The molecule has 0 bridgehead atoms. The molecule has 0 radical (unpaired) electrons. The van der Waals surface area contributed by atoms with Crippen molar-refractivity contribution in [2.45, 2.75) is 277 Å². The van der Waals surface area contributed by atoms with Crippen molar-refractivity contribution in [3.63, 3.8) is 0 Å². The zero-order chi connectivity index (χ0) is 90.0. The number of phenols is 5. The van der Waals surface area contributed by atoms with Crippen molar-refractivity contribution in [2.24, 2.45) is 0 Å². The molecule has 10 rings (SSSR count). The average Bonchev–Trinajstić information content (AvgIpc) is 0.780. The Labute approximate surface area is 728 Å².